The number of benzene rings is 2. The number of ether oxygens (including phenoxy) is 1. The van der Waals surface area contributed by atoms with Gasteiger partial charge in [0.2, 0.25) is 0 Å². The summed E-state index contributed by atoms with van der Waals surface area (Å²) in [4.78, 5) is 15.4. The van der Waals surface area contributed by atoms with Crippen LogP contribution in [0.15, 0.2) is 53.6 Å². The van der Waals surface area contributed by atoms with Crippen LogP contribution < -0.4 is 9.46 Å². The maximum Gasteiger partial charge on any atom is 0.267 e. The molecule has 0 spiro atoms. The molecule has 0 radical (unpaired) electrons. The molecule has 0 fully saturated rings. The number of carbonyl (C=O) groups is 1. The zero-order valence-corrected chi connectivity index (χ0v) is 14.0. The van der Waals surface area contributed by atoms with E-state index in [4.69, 9.17) is 4.74 Å². The number of rotatable bonds is 4. The number of hydrogen-bond donors (Lipinski definition) is 2. The summed E-state index contributed by atoms with van der Waals surface area (Å²) in [6.45, 7) is 1.86. The average molecular weight is 344 g/mol. The van der Waals surface area contributed by atoms with E-state index in [9.17, 15) is 13.2 Å². The minimum Gasteiger partial charge on any atom is -0.497 e. The summed E-state index contributed by atoms with van der Waals surface area (Å²) >= 11 is 0. The lowest BCUT2D eigenvalue weighted by Gasteiger charge is -2.07. The largest absolute Gasteiger partial charge is 0.497 e. The fourth-order valence-electron chi connectivity index (χ4n) is 2.37. The van der Waals surface area contributed by atoms with Crippen molar-refractivity contribution in [1.82, 2.24) is 9.71 Å². The Bertz CT molecular complexity index is 1000. The Hall–Kier alpha value is -2.80. The Morgan fingerprint density at radius 2 is 1.83 bits per heavy atom. The van der Waals surface area contributed by atoms with E-state index in [1.165, 1.54) is 18.3 Å². The lowest BCUT2D eigenvalue weighted by molar-refractivity contribution is 0.0983. The second-order valence-electron chi connectivity index (χ2n) is 5.36. The molecule has 3 rings (SSSR count). The number of sulfonamides is 1. The highest BCUT2D eigenvalue weighted by Crippen LogP contribution is 2.23. The number of carbonyl (C=O) groups excluding carboxylic acids is 1. The van der Waals surface area contributed by atoms with Crippen LogP contribution in [0.25, 0.3) is 10.9 Å². The first-order chi connectivity index (χ1) is 11.4. The van der Waals surface area contributed by atoms with Gasteiger partial charge in [-0.15, -0.1) is 0 Å². The van der Waals surface area contributed by atoms with Gasteiger partial charge in [0.1, 0.15) is 5.75 Å². The summed E-state index contributed by atoms with van der Waals surface area (Å²) in [5.74, 6) is -0.0458. The maximum absolute atomic E-state index is 12.4. The molecule has 1 heterocycles. The molecule has 1 amide bonds. The number of hydrogen-bond acceptors (Lipinski definition) is 4. The molecule has 2 aromatic carbocycles. The van der Waals surface area contributed by atoms with Crippen molar-refractivity contribution in [3.63, 3.8) is 0 Å². The molecule has 0 aliphatic carbocycles. The predicted molar refractivity (Wildman–Crippen MR) is 90.7 cm³/mol. The van der Waals surface area contributed by atoms with Gasteiger partial charge in [-0.25, -0.2) is 13.1 Å². The number of H-pyrrole nitrogens is 1. The van der Waals surface area contributed by atoms with Gasteiger partial charge in [-0.1, -0.05) is 17.7 Å². The third-order valence-electron chi connectivity index (χ3n) is 3.69. The lowest BCUT2D eigenvalue weighted by atomic mass is 10.1. The van der Waals surface area contributed by atoms with Crippen molar-refractivity contribution in [2.75, 3.05) is 7.11 Å². The van der Waals surface area contributed by atoms with E-state index < -0.39 is 15.9 Å². The van der Waals surface area contributed by atoms with Crippen molar-refractivity contribution in [3.05, 3.63) is 59.8 Å². The molecule has 0 saturated heterocycles. The number of aromatic amines is 1. The molecule has 0 aliphatic heterocycles. The molecular weight excluding hydrogens is 328 g/mol. The van der Waals surface area contributed by atoms with Crippen LogP contribution in [0.3, 0.4) is 0 Å². The fourth-order valence-corrected chi connectivity index (χ4v) is 3.34. The third-order valence-corrected chi connectivity index (χ3v) is 5.04. The normalized spacial score (nSPS) is 11.4. The fraction of sp³-hybridized carbons (Fsp3) is 0.118. The van der Waals surface area contributed by atoms with Crippen molar-refractivity contribution < 1.29 is 17.9 Å². The summed E-state index contributed by atoms with van der Waals surface area (Å²) in [6.07, 6.45) is 1.48. The first-order valence-corrected chi connectivity index (χ1v) is 8.68. The maximum atomic E-state index is 12.4. The van der Waals surface area contributed by atoms with Crippen LogP contribution in [-0.2, 0) is 10.0 Å². The summed E-state index contributed by atoms with van der Waals surface area (Å²) in [6, 6.07) is 11.4. The summed E-state index contributed by atoms with van der Waals surface area (Å²) in [5.41, 5.74) is 1.88. The highest BCUT2D eigenvalue weighted by atomic mass is 32.2. The van der Waals surface area contributed by atoms with Gasteiger partial charge < -0.3 is 9.72 Å². The van der Waals surface area contributed by atoms with Crippen LogP contribution in [-0.4, -0.2) is 26.4 Å². The van der Waals surface area contributed by atoms with Crippen LogP contribution in [0.4, 0.5) is 0 Å². The van der Waals surface area contributed by atoms with Crippen LogP contribution in [0.5, 0.6) is 5.75 Å². The van der Waals surface area contributed by atoms with E-state index in [2.05, 4.69) is 9.71 Å². The molecule has 0 bridgehead atoms. The molecular formula is C17H16N2O4S. The van der Waals surface area contributed by atoms with Crippen molar-refractivity contribution >= 4 is 26.8 Å². The molecule has 0 saturated carbocycles. The number of methoxy groups -OCH3 is 1. The van der Waals surface area contributed by atoms with Gasteiger partial charge in [-0.2, -0.15) is 0 Å². The van der Waals surface area contributed by atoms with Crippen LogP contribution in [0.2, 0.25) is 0 Å². The van der Waals surface area contributed by atoms with Crippen molar-refractivity contribution in [2.24, 2.45) is 0 Å². The van der Waals surface area contributed by atoms with Crippen molar-refractivity contribution in [3.8, 4) is 5.75 Å². The second kappa shape index (κ2) is 6.01. The summed E-state index contributed by atoms with van der Waals surface area (Å²) in [5, 5.41) is 0.618. The monoisotopic (exact) mass is 344 g/mol. The van der Waals surface area contributed by atoms with E-state index in [1.54, 1.807) is 37.4 Å². The highest BCUT2D eigenvalue weighted by molar-refractivity contribution is 7.90. The molecule has 1 aromatic heterocycles. The molecule has 0 atom stereocenters. The van der Waals surface area contributed by atoms with Gasteiger partial charge >= 0.3 is 0 Å². The van der Waals surface area contributed by atoms with E-state index in [1.807, 2.05) is 6.92 Å². The number of aromatic nitrogens is 1. The van der Waals surface area contributed by atoms with Gasteiger partial charge in [0.05, 0.1) is 17.6 Å². The van der Waals surface area contributed by atoms with Gasteiger partial charge in [-0.05, 0) is 31.2 Å². The molecule has 6 nitrogen and oxygen atoms in total. The molecule has 24 heavy (non-hydrogen) atoms. The molecule has 0 unspecified atom stereocenters. The van der Waals surface area contributed by atoms with Crippen molar-refractivity contribution in [1.29, 1.82) is 0 Å². The number of aryl methyl sites for hydroxylation is 1. The molecule has 0 aliphatic rings. The number of fused-ring (bicyclic) bond motifs is 1. The summed E-state index contributed by atoms with van der Waals surface area (Å²) in [7, 11) is -2.37. The Kier molecular flexibility index (Phi) is 4.02. The van der Waals surface area contributed by atoms with E-state index in [0.717, 1.165) is 5.56 Å². The third kappa shape index (κ3) is 2.98. The zero-order valence-electron chi connectivity index (χ0n) is 13.2. The van der Waals surface area contributed by atoms with E-state index in [-0.39, 0.29) is 10.5 Å². The highest BCUT2D eigenvalue weighted by Gasteiger charge is 2.20. The van der Waals surface area contributed by atoms with Crippen LogP contribution in [0, 0.1) is 6.92 Å². The topological polar surface area (TPSA) is 88.3 Å². The van der Waals surface area contributed by atoms with Crippen LogP contribution in [0.1, 0.15) is 15.9 Å². The molecule has 3 aromatic rings. The lowest BCUT2D eigenvalue weighted by Crippen LogP contribution is -2.30. The quantitative estimate of drug-likeness (QED) is 0.761. The Morgan fingerprint density at radius 1 is 1.12 bits per heavy atom. The van der Waals surface area contributed by atoms with Crippen molar-refractivity contribution in [2.45, 2.75) is 11.8 Å². The average Bonchev–Trinajstić information content (AvgIpc) is 2.97. The first-order valence-electron chi connectivity index (χ1n) is 7.19. The minimum absolute atomic E-state index is 0.0444. The Balaban J connectivity index is 1.91. The zero-order chi connectivity index (χ0) is 17.3. The Labute approximate surface area is 139 Å². The van der Waals surface area contributed by atoms with Gasteiger partial charge in [0, 0.05) is 23.2 Å². The number of amides is 1. The SMILES string of the molecule is COc1ccc2c(C(=O)NS(=O)(=O)c3ccc(C)cc3)c[nH]c2c1. The van der Waals surface area contributed by atoms with Crippen LogP contribution >= 0.6 is 0 Å². The predicted octanol–water partition coefficient (Wildman–Crippen LogP) is 2.60. The van der Waals surface area contributed by atoms with Gasteiger partial charge in [0.15, 0.2) is 0 Å². The Morgan fingerprint density at radius 3 is 2.50 bits per heavy atom. The molecule has 2 N–H and O–H groups in total. The summed E-state index contributed by atoms with van der Waals surface area (Å²) < 4.78 is 31.9. The second-order valence-corrected chi connectivity index (χ2v) is 7.04. The number of nitrogens with one attached hydrogen (secondary N) is 2. The standard InChI is InChI=1S/C17H16N2O4S/c1-11-3-6-13(7-4-11)24(21,22)19-17(20)15-10-18-16-9-12(23-2)5-8-14(15)16/h3-10,18H,1-2H3,(H,19,20). The first kappa shape index (κ1) is 16.1. The van der Waals surface area contributed by atoms with E-state index >= 15 is 0 Å². The minimum atomic E-state index is -3.92. The molecule has 7 heteroatoms. The van der Waals surface area contributed by atoms with Gasteiger partial charge in [-0.3, -0.25) is 4.79 Å². The van der Waals surface area contributed by atoms with E-state index in [0.29, 0.717) is 16.7 Å². The molecule has 124 valence electrons. The van der Waals surface area contributed by atoms with Gasteiger partial charge in [0.25, 0.3) is 15.9 Å². The smallest absolute Gasteiger partial charge is 0.267 e.